The fourth-order valence-electron chi connectivity index (χ4n) is 3.11. The predicted octanol–water partition coefficient (Wildman–Crippen LogP) is 3.20. The molecule has 0 N–H and O–H groups in total. The van der Waals surface area contributed by atoms with E-state index in [1.807, 2.05) is 18.2 Å². The van der Waals surface area contributed by atoms with Crippen LogP contribution in [0.2, 0.25) is 5.15 Å². The summed E-state index contributed by atoms with van der Waals surface area (Å²) in [6.45, 7) is 5.68. The van der Waals surface area contributed by atoms with Gasteiger partial charge in [0.05, 0.1) is 0 Å². The zero-order valence-electron chi connectivity index (χ0n) is 12.6. The van der Waals surface area contributed by atoms with Crippen LogP contribution in [0.4, 0.5) is 5.82 Å². The summed E-state index contributed by atoms with van der Waals surface area (Å²) in [6, 6.07) is 8.61. The first kappa shape index (κ1) is 14.5. The number of piperidine rings is 1. The minimum absolute atomic E-state index is 0.476. The van der Waals surface area contributed by atoms with E-state index in [0.29, 0.717) is 11.2 Å². The molecule has 3 rings (SSSR count). The average Bonchev–Trinajstić information content (AvgIpc) is 2.55. The fourth-order valence-corrected chi connectivity index (χ4v) is 3.32. The number of anilines is 1. The summed E-state index contributed by atoms with van der Waals surface area (Å²) in [7, 11) is 2.12. The highest BCUT2D eigenvalue weighted by molar-refractivity contribution is 6.34. The molecule has 0 amide bonds. The van der Waals surface area contributed by atoms with Crippen LogP contribution in [-0.4, -0.2) is 47.8 Å². The van der Waals surface area contributed by atoms with Crippen molar-refractivity contribution in [3.8, 4) is 0 Å². The van der Waals surface area contributed by atoms with E-state index in [4.69, 9.17) is 11.6 Å². The first-order valence-electron chi connectivity index (χ1n) is 7.56. The van der Waals surface area contributed by atoms with Crippen molar-refractivity contribution in [2.45, 2.75) is 25.8 Å². The molecule has 21 heavy (non-hydrogen) atoms. The molecule has 0 unspecified atom stereocenters. The van der Waals surface area contributed by atoms with Crippen molar-refractivity contribution in [2.24, 2.45) is 0 Å². The molecule has 2 aromatic rings. The van der Waals surface area contributed by atoms with E-state index >= 15 is 0 Å². The number of fused-ring (bicyclic) bond motifs is 1. The van der Waals surface area contributed by atoms with Crippen molar-refractivity contribution in [1.29, 1.82) is 0 Å². The van der Waals surface area contributed by atoms with Gasteiger partial charge in [-0.05, 0) is 19.4 Å². The van der Waals surface area contributed by atoms with Crippen molar-refractivity contribution in [2.75, 3.05) is 31.6 Å². The molecule has 1 saturated heterocycles. The SMILES string of the molecule is CCN1CCC(N(C)c2nnc(Cl)c3ccccc23)CC1. The Balaban J connectivity index is 1.88. The van der Waals surface area contributed by atoms with E-state index in [0.717, 1.165) is 36.2 Å². The maximum absolute atomic E-state index is 6.16. The summed E-state index contributed by atoms with van der Waals surface area (Å²) in [6.07, 6.45) is 2.34. The van der Waals surface area contributed by atoms with Crippen LogP contribution in [0, 0.1) is 0 Å². The van der Waals surface area contributed by atoms with Crippen molar-refractivity contribution >= 4 is 28.2 Å². The summed E-state index contributed by atoms with van der Waals surface area (Å²) in [5.41, 5.74) is 0. The molecule has 0 aliphatic carbocycles. The van der Waals surface area contributed by atoms with E-state index in [1.165, 1.54) is 12.8 Å². The lowest BCUT2D eigenvalue weighted by Gasteiger charge is -2.37. The lowest BCUT2D eigenvalue weighted by molar-refractivity contribution is 0.220. The smallest absolute Gasteiger partial charge is 0.159 e. The van der Waals surface area contributed by atoms with Crippen LogP contribution in [-0.2, 0) is 0 Å². The van der Waals surface area contributed by atoms with E-state index in [9.17, 15) is 0 Å². The minimum Gasteiger partial charge on any atom is -0.355 e. The van der Waals surface area contributed by atoms with Crippen LogP contribution in [0.15, 0.2) is 24.3 Å². The maximum Gasteiger partial charge on any atom is 0.159 e. The Labute approximate surface area is 130 Å². The van der Waals surface area contributed by atoms with Crippen LogP contribution in [0.25, 0.3) is 10.8 Å². The highest BCUT2D eigenvalue weighted by Gasteiger charge is 2.24. The molecule has 0 radical (unpaired) electrons. The zero-order valence-corrected chi connectivity index (χ0v) is 13.3. The number of nitrogens with zero attached hydrogens (tertiary/aromatic N) is 4. The van der Waals surface area contributed by atoms with Gasteiger partial charge in [0, 0.05) is 37.0 Å². The summed E-state index contributed by atoms with van der Waals surface area (Å²) in [4.78, 5) is 4.77. The zero-order chi connectivity index (χ0) is 14.8. The van der Waals surface area contributed by atoms with Gasteiger partial charge in [0.2, 0.25) is 0 Å². The van der Waals surface area contributed by atoms with Crippen LogP contribution in [0.1, 0.15) is 19.8 Å². The van der Waals surface area contributed by atoms with Gasteiger partial charge in [-0.15, -0.1) is 10.2 Å². The molecule has 0 bridgehead atoms. The van der Waals surface area contributed by atoms with Gasteiger partial charge in [-0.2, -0.15) is 0 Å². The second kappa shape index (κ2) is 6.16. The molecule has 2 heterocycles. The van der Waals surface area contributed by atoms with Crippen LogP contribution < -0.4 is 4.90 Å². The molecule has 1 fully saturated rings. The number of halogens is 1. The van der Waals surface area contributed by atoms with Gasteiger partial charge in [0.1, 0.15) is 0 Å². The predicted molar refractivity (Wildman–Crippen MR) is 88.1 cm³/mol. The van der Waals surface area contributed by atoms with E-state index in [-0.39, 0.29) is 0 Å². The van der Waals surface area contributed by atoms with E-state index < -0.39 is 0 Å². The fraction of sp³-hybridized carbons (Fsp3) is 0.500. The lowest BCUT2D eigenvalue weighted by atomic mass is 10.0. The second-order valence-electron chi connectivity index (χ2n) is 5.64. The third-order valence-corrected chi connectivity index (χ3v) is 4.79. The molecule has 0 spiro atoms. The second-order valence-corrected chi connectivity index (χ2v) is 5.99. The van der Waals surface area contributed by atoms with Crippen LogP contribution >= 0.6 is 11.6 Å². The summed E-state index contributed by atoms with van der Waals surface area (Å²) >= 11 is 6.16. The molecule has 1 aliphatic rings. The Kier molecular flexibility index (Phi) is 4.27. The molecule has 5 heteroatoms. The number of benzene rings is 1. The third kappa shape index (κ3) is 2.83. The summed E-state index contributed by atoms with van der Waals surface area (Å²) in [5, 5.41) is 11.0. The van der Waals surface area contributed by atoms with Gasteiger partial charge in [0.15, 0.2) is 11.0 Å². The number of hydrogen-bond acceptors (Lipinski definition) is 4. The summed E-state index contributed by atoms with van der Waals surface area (Å²) in [5.74, 6) is 0.935. The topological polar surface area (TPSA) is 32.3 Å². The Morgan fingerprint density at radius 2 is 1.86 bits per heavy atom. The van der Waals surface area contributed by atoms with Gasteiger partial charge < -0.3 is 9.80 Å². The number of aromatic nitrogens is 2. The highest BCUT2D eigenvalue weighted by atomic mass is 35.5. The molecular formula is C16H21ClN4. The van der Waals surface area contributed by atoms with Crippen molar-refractivity contribution < 1.29 is 0 Å². The Morgan fingerprint density at radius 3 is 2.52 bits per heavy atom. The molecular weight excluding hydrogens is 284 g/mol. The molecule has 0 saturated carbocycles. The van der Waals surface area contributed by atoms with Gasteiger partial charge in [0.25, 0.3) is 0 Å². The molecule has 1 aliphatic heterocycles. The van der Waals surface area contributed by atoms with Gasteiger partial charge in [-0.3, -0.25) is 0 Å². The van der Waals surface area contributed by atoms with Crippen molar-refractivity contribution in [1.82, 2.24) is 15.1 Å². The van der Waals surface area contributed by atoms with Gasteiger partial charge in [-0.1, -0.05) is 42.8 Å². The maximum atomic E-state index is 6.16. The molecule has 112 valence electrons. The molecule has 4 nitrogen and oxygen atoms in total. The summed E-state index contributed by atoms with van der Waals surface area (Å²) < 4.78 is 0. The van der Waals surface area contributed by atoms with E-state index in [2.05, 4.69) is 40.0 Å². The van der Waals surface area contributed by atoms with Crippen LogP contribution in [0.5, 0.6) is 0 Å². The van der Waals surface area contributed by atoms with Crippen molar-refractivity contribution in [3.63, 3.8) is 0 Å². The average molecular weight is 305 g/mol. The Hall–Kier alpha value is -1.39. The molecule has 0 atom stereocenters. The minimum atomic E-state index is 0.476. The van der Waals surface area contributed by atoms with Gasteiger partial charge >= 0.3 is 0 Å². The molecule has 1 aromatic heterocycles. The quantitative estimate of drug-likeness (QED) is 0.871. The highest BCUT2D eigenvalue weighted by Crippen LogP contribution is 2.30. The van der Waals surface area contributed by atoms with E-state index in [1.54, 1.807) is 0 Å². The standard InChI is InChI=1S/C16H21ClN4/c1-3-21-10-8-12(9-11-21)20(2)16-14-7-5-4-6-13(14)15(17)18-19-16/h4-7,12H,3,8-11H2,1-2H3. The van der Waals surface area contributed by atoms with Gasteiger partial charge in [-0.25, -0.2) is 0 Å². The normalized spacial score (nSPS) is 17.3. The number of rotatable bonds is 3. The van der Waals surface area contributed by atoms with Crippen LogP contribution in [0.3, 0.4) is 0 Å². The monoisotopic (exact) mass is 304 g/mol. The lowest BCUT2D eigenvalue weighted by Crippen LogP contribution is -2.43. The molecule has 1 aromatic carbocycles. The Bertz CT molecular complexity index is 623. The first-order valence-corrected chi connectivity index (χ1v) is 7.94. The third-order valence-electron chi connectivity index (χ3n) is 4.51. The largest absolute Gasteiger partial charge is 0.355 e. The first-order chi connectivity index (χ1) is 10.2. The number of hydrogen-bond donors (Lipinski definition) is 0. The van der Waals surface area contributed by atoms with Crippen molar-refractivity contribution in [3.05, 3.63) is 29.4 Å². The Morgan fingerprint density at radius 1 is 1.19 bits per heavy atom. The number of likely N-dealkylation sites (tertiary alicyclic amines) is 1.